The van der Waals surface area contributed by atoms with Gasteiger partial charge in [-0.25, -0.2) is 0 Å². The lowest BCUT2D eigenvalue weighted by atomic mass is 10.1. The zero-order chi connectivity index (χ0) is 23.1. The molecule has 0 radical (unpaired) electrons. The fraction of sp³-hybridized carbons (Fsp3) is 0.217. The number of anilines is 1. The van der Waals surface area contributed by atoms with Crippen LogP contribution >= 0.6 is 0 Å². The number of azo groups is 2. The molecule has 166 valence electrons. The van der Waals surface area contributed by atoms with Gasteiger partial charge >= 0.3 is 6.18 Å². The van der Waals surface area contributed by atoms with Gasteiger partial charge in [0, 0.05) is 12.2 Å². The topological polar surface area (TPSA) is 81.7 Å². The van der Waals surface area contributed by atoms with Crippen molar-refractivity contribution in [3.63, 3.8) is 0 Å². The highest BCUT2D eigenvalue weighted by Crippen LogP contribution is 2.33. The Morgan fingerprint density at radius 3 is 1.66 bits per heavy atom. The number of hydrogen-bond acceptors (Lipinski definition) is 6. The van der Waals surface area contributed by atoms with Crippen LogP contribution in [-0.2, 0) is 6.18 Å². The van der Waals surface area contributed by atoms with E-state index in [-0.39, 0.29) is 6.61 Å². The number of aliphatic hydroxyl groups is 1. The molecule has 0 aliphatic carbocycles. The summed E-state index contributed by atoms with van der Waals surface area (Å²) in [5.41, 5.74) is 4.09. The zero-order valence-electron chi connectivity index (χ0n) is 17.6. The lowest BCUT2D eigenvalue weighted by molar-refractivity contribution is -0.137. The molecule has 0 amide bonds. The average Bonchev–Trinajstić information content (AvgIpc) is 2.77. The molecule has 0 heterocycles. The van der Waals surface area contributed by atoms with Gasteiger partial charge in [0.15, 0.2) is 0 Å². The van der Waals surface area contributed by atoms with Crippen LogP contribution in [0.4, 0.5) is 41.6 Å². The Morgan fingerprint density at radius 1 is 0.750 bits per heavy atom. The number of aliphatic hydroxyl groups excluding tert-OH is 1. The number of benzene rings is 3. The number of alkyl halides is 3. The molecule has 6 nitrogen and oxygen atoms in total. The highest BCUT2D eigenvalue weighted by molar-refractivity contribution is 5.59. The first-order chi connectivity index (χ1) is 15.3. The van der Waals surface area contributed by atoms with Gasteiger partial charge in [0.05, 0.1) is 34.9 Å². The molecule has 0 aromatic heterocycles. The van der Waals surface area contributed by atoms with Crippen LogP contribution in [0, 0.1) is 13.8 Å². The molecule has 0 saturated carbocycles. The van der Waals surface area contributed by atoms with Gasteiger partial charge in [-0.05, 0) is 85.6 Å². The third-order valence-electron chi connectivity index (χ3n) is 4.56. The van der Waals surface area contributed by atoms with Gasteiger partial charge in [-0.2, -0.15) is 33.6 Å². The number of rotatable bonds is 7. The van der Waals surface area contributed by atoms with Gasteiger partial charge in [0.1, 0.15) is 0 Å². The summed E-state index contributed by atoms with van der Waals surface area (Å²) < 4.78 is 38.0. The molecule has 32 heavy (non-hydrogen) atoms. The maximum Gasteiger partial charge on any atom is 0.416 e. The zero-order valence-corrected chi connectivity index (χ0v) is 17.6. The molecule has 0 aliphatic rings. The van der Waals surface area contributed by atoms with Crippen molar-refractivity contribution in [2.24, 2.45) is 20.5 Å². The molecule has 0 spiro atoms. The molecular weight excluding hydrogens is 419 g/mol. The summed E-state index contributed by atoms with van der Waals surface area (Å²) in [5, 5.41) is 28.7. The van der Waals surface area contributed by atoms with Gasteiger partial charge in [-0.1, -0.05) is 0 Å². The van der Waals surface area contributed by atoms with Crippen LogP contribution in [0.5, 0.6) is 0 Å². The first-order valence-electron chi connectivity index (χ1n) is 9.83. The lowest BCUT2D eigenvalue weighted by Crippen LogP contribution is -2.04. The molecule has 0 atom stereocenters. The van der Waals surface area contributed by atoms with E-state index in [1.807, 2.05) is 44.2 Å². The van der Waals surface area contributed by atoms with Crippen LogP contribution in [0.15, 0.2) is 81.1 Å². The first-order valence-corrected chi connectivity index (χ1v) is 9.83. The van der Waals surface area contributed by atoms with E-state index in [2.05, 4.69) is 25.8 Å². The summed E-state index contributed by atoms with van der Waals surface area (Å²) in [7, 11) is 0. The molecule has 0 fully saturated rings. The van der Waals surface area contributed by atoms with Crippen molar-refractivity contribution in [3.05, 3.63) is 77.4 Å². The minimum atomic E-state index is -4.38. The van der Waals surface area contributed by atoms with Gasteiger partial charge in [0.25, 0.3) is 0 Å². The monoisotopic (exact) mass is 441 g/mol. The van der Waals surface area contributed by atoms with E-state index >= 15 is 0 Å². The summed E-state index contributed by atoms with van der Waals surface area (Å²) >= 11 is 0. The van der Waals surface area contributed by atoms with Crippen LogP contribution < -0.4 is 5.32 Å². The molecule has 0 unspecified atom stereocenters. The Morgan fingerprint density at radius 2 is 1.22 bits per heavy atom. The third kappa shape index (κ3) is 6.21. The summed E-state index contributed by atoms with van der Waals surface area (Å²) in [4.78, 5) is 0. The average molecular weight is 441 g/mol. The minimum absolute atomic E-state index is 0.0555. The van der Waals surface area contributed by atoms with Crippen molar-refractivity contribution < 1.29 is 18.3 Å². The lowest BCUT2D eigenvalue weighted by Gasteiger charge is -2.06. The smallest absolute Gasteiger partial charge is 0.395 e. The highest BCUT2D eigenvalue weighted by Gasteiger charge is 2.29. The maximum absolute atomic E-state index is 12.7. The van der Waals surface area contributed by atoms with E-state index in [1.54, 1.807) is 6.07 Å². The van der Waals surface area contributed by atoms with Crippen molar-refractivity contribution in [2.75, 3.05) is 18.5 Å². The first kappa shape index (κ1) is 23.1. The van der Waals surface area contributed by atoms with E-state index in [0.717, 1.165) is 28.9 Å². The fourth-order valence-corrected chi connectivity index (χ4v) is 2.79. The normalized spacial score (nSPS) is 12.1. The Bertz CT molecular complexity index is 1110. The van der Waals surface area contributed by atoms with Gasteiger partial charge < -0.3 is 10.4 Å². The number of halogens is 3. The minimum Gasteiger partial charge on any atom is -0.395 e. The molecule has 3 aromatic rings. The summed E-state index contributed by atoms with van der Waals surface area (Å²) in [5.74, 6) is 0. The van der Waals surface area contributed by atoms with Crippen molar-refractivity contribution >= 4 is 28.4 Å². The van der Waals surface area contributed by atoms with Crippen LogP contribution in [0.2, 0.25) is 0 Å². The molecule has 0 saturated heterocycles. The fourth-order valence-electron chi connectivity index (χ4n) is 2.79. The SMILES string of the molecule is Cc1cc(/N=N/c2ccc(C(F)(F)F)cc2)c(C)cc1/N=N/c1ccc(NCCO)cc1. The molecule has 0 aliphatic heterocycles. The Balaban J connectivity index is 1.72. The third-order valence-corrected chi connectivity index (χ3v) is 4.56. The van der Waals surface area contributed by atoms with E-state index < -0.39 is 11.7 Å². The standard InChI is InChI=1S/C23H22F3N5O/c1-15-14-22(31-29-20-9-7-18(8-10-20)27-11-12-32)16(2)13-21(15)30-28-19-5-3-17(4-6-19)23(24,25)26/h3-10,13-14,27,32H,11-12H2,1-2H3/b30-28+,31-29+. The Hall–Kier alpha value is -3.59. The summed E-state index contributed by atoms with van der Waals surface area (Å²) in [6, 6.07) is 15.5. The van der Waals surface area contributed by atoms with Crippen LogP contribution in [0.1, 0.15) is 16.7 Å². The molecule has 2 N–H and O–H groups in total. The second kappa shape index (κ2) is 10.1. The largest absolute Gasteiger partial charge is 0.416 e. The molecule has 3 aromatic carbocycles. The van der Waals surface area contributed by atoms with E-state index in [1.165, 1.54) is 12.1 Å². The number of nitrogens with one attached hydrogen (secondary N) is 1. The van der Waals surface area contributed by atoms with Crippen LogP contribution in [-0.4, -0.2) is 18.3 Å². The van der Waals surface area contributed by atoms with Crippen molar-refractivity contribution in [2.45, 2.75) is 20.0 Å². The predicted octanol–water partition coefficient (Wildman–Crippen LogP) is 7.56. The number of hydrogen-bond donors (Lipinski definition) is 2. The van der Waals surface area contributed by atoms with E-state index in [9.17, 15) is 13.2 Å². The van der Waals surface area contributed by atoms with Crippen LogP contribution in [0.3, 0.4) is 0 Å². The van der Waals surface area contributed by atoms with Gasteiger partial charge in [-0.3, -0.25) is 0 Å². The predicted molar refractivity (Wildman–Crippen MR) is 118 cm³/mol. The quantitative estimate of drug-likeness (QED) is 0.371. The molecular formula is C23H22F3N5O. The number of nitrogens with zero attached hydrogens (tertiary/aromatic N) is 4. The Kier molecular flexibility index (Phi) is 7.32. The van der Waals surface area contributed by atoms with Crippen molar-refractivity contribution in [1.29, 1.82) is 0 Å². The molecule has 0 bridgehead atoms. The van der Waals surface area contributed by atoms with E-state index in [0.29, 0.717) is 29.3 Å². The maximum atomic E-state index is 12.7. The Labute approximate surface area is 183 Å². The number of aryl methyl sites for hydroxylation is 2. The van der Waals surface area contributed by atoms with Gasteiger partial charge in [0.2, 0.25) is 0 Å². The summed E-state index contributed by atoms with van der Waals surface area (Å²) in [6.07, 6.45) is -4.38. The van der Waals surface area contributed by atoms with Crippen LogP contribution in [0.25, 0.3) is 0 Å². The molecule has 3 rings (SSSR count). The van der Waals surface area contributed by atoms with E-state index in [4.69, 9.17) is 5.11 Å². The second-order valence-electron chi connectivity index (χ2n) is 7.07. The molecule has 9 heteroatoms. The second-order valence-corrected chi connectivity index (χ2v) is 7.07. The van der Waals surface area contributed by atoms with Crippen molar-refractivity contribution in [1.82, 2.24) is 0 Å². The van der Waals surface area contributed by atoms with Gasteiger partial charge in [-0.15, -0.1) is 0 Å². The highest BCUT2D eigenvalue weighted by atomic mass is 19.4. The summed E-state index contributed by atoms with van der Waals surface area (Å²) in [6.45, 7) is 4.25. The van der Waals surface area contributed by atoms with Crippen molar-refractivity contribution in [3.8, 4) is 0 Å².